The van der Waals surface area contributed by atoms with Gasteiger partial charge in [-0.1, -0.05) is 23.5 Å². The topological polar surface area (TPSA) is 71.8 Å². The Morgan fingerprint density at radius 3 is 2.81 bits per heavy atom. The van der Waals surface area contributed by atoms with E-state index in [9.17, 15) is 18.0 Å². The number of nitrogens with one attached hydrogen (secondary N) is 2. The van der Waals surface area contributed by atoms with Crippen LogP contribution in [0.5, 0.6) is 0 Å². The largest absolute Gasteiger partial charge is 0.416 e. The summed E-state index contributed by atoms with van der Waals surface area (Å²) >= 11 is 1.14. The number of nitrogens with zero attached hydrogens (tertiary/aromatic N) is 3. The molecule has 3 aromatic rings. The number of amides is 1. The number of carbonyl (C=O) groups is 1. The van der Waals surface area contributed by atoms with E-state index in [2.05, 4.69) is 20.7 Å². The van der Waals surface area contributed by atoms with Crippen LogP contribution in [-0.2, 0) is 19.8 Å². The Balaban J connectivity index is 1.61. The molecule has 2 aromatic heterocycles. The molecule has 2 N–H and O–H groups in total. The first-order chi connectivity index (χ1) is 12.3. The summed E-state index contributed by atoms with van der Waals surface area (Å²) in [5, 5.41) is 10.2. The Morgan fingerprint density at radius 1 is 1.31 bits per heavy atom. The molecule has 2 heterocycles. The summed E-state index contributed by atoms with van der Waals surface area (Å²) in [4.78, 5) is 16.6. The highest BCUT2D eigenvalue weighted by Crippen LogP contribution is 2.29. The van der Waals surface area contributed by atoms with Crippen molar-refractivity contribution >= 4 is 28.2 Å². The number of hydrogen-bond acceptors (Lipinski definition) is 5. The van der Waals surface area contributed by atoms with Gasteiger partial charge in [-0.15, -0.1) is 0 Å². The average molecular weight is 381 g/mol. The van der Waals surface area contributed by atoms with Crippen molar-refractivity contribution in [3.05, 3.63) is 58.7 Å². The summed E-state index contributed by atoms with van der Waals surface area (Å²) in [6.07, 6.45) is -1.38. The van der Waals surface area contributed by atoms with Crippen molar-refractivity contribution < 1.29 is 18.0 Å². The average Bonchev–Trinajstić information content (AvgIpc) is 3.22. The lowest BCUT2D eigenvalue weighted by atomic mass is 10.1. The molecule has 1 amide bonds. The van der Waals surface area contributed by atoms with Crippen LogP contribution in [0.1, 0.15) is 20.8 Å². The molecule has 0 fully saturated rings. The fraction of sp³-hybridized carbons (Fsp3) is 0.188. The third-order valence-electron chi connectivity index (χ3n) is 3.49. The van der Waals surface area contributed by atoms with Crippen LogP contribution in [-0.4, -0.2) is 20.7 Å². The summed E-state index contributed by atoms with van der Waals surface area (Å²) in [5.74, 6) is 0.313. The van der Waals surface area contributed by atoms with Gasteiger partial charge in [0.15, 0.2) is 5.13 Å². The minimum absolute atomic E-state index is 0.00878. The van der Waals surface area contributed by atoms with Crippen molar-refractivity contribution in [3.8, 4) is 0 Å². The van der Waals surface area contributed by atoms with Crippen LogP contribution in [0.4, 0.5) is 24.1 Å². The molecule has 0 spiro atoms. The van der Waals surface area contributed by atoms with Crippen molar-refractivity contribution in [2.45, 2.75) is 12.7 Å². The van der Waals surface area contributed by atoms with Crippen LogP contribution in [0.15, 0.2) is 42.7 Å². The molecule has 0 saturated heterocycles. The predicted molar refractivity (Wildman–Crippen MR) is 91.2 cm³/mol. The number of aryl methyl sites for hydroxylation is 1. The van der Waals surface area contributed by atoms with E-state index in [1.165, 1.54) is 18.3 Å². The summed E-state index contributed by atoms with van der Waals surface area (Å²) in [6, 6.07) is 6.60. The Hall–Kier alpha value is -2.88. The monoisotopic (exact) mass is 381 g/mol. The maximum atomic E-state index is 12.7. The molecule has 0 radical (unpaired) electrons. The van der Waals surface area contributed by atoms with Gasteiger partial charge < -0.3 is 10.6 Å². The third-order valence-corrected chi connectivity index (χ3v) is 4.40. The Morgan fingerprint density at radius 2 is 2.12 bits per heavy atom. The number of hydrogen-bond donors (Lipinski definition) is 2. The number of carbonyl (C=O) groups excluding carboxylic acids is 1. The summed E-state index contributed by atoms with van der Waals surface area (Å²) in [7, 11) is 1.76. The van der Waals surface area contributed by atoms with Crippen molar-refractivity contribution in [2.75, 3.05) is 5.32 Å². The van der Waals surface area contributed by atoms with E-state index < -0.39 is 17.6 Å². The van der Waals surface area contributed by atoms with Crippen molar-refractivity contribution in [2.24, 2.45) is 7.05 Å². The third kappa shape index (κ3) is 4.20. The second-order valence-corrected chi connectivity index (χ2v) is 6.41. The predicted octanol–water partition coefficient (Wildman–Crippen LogP) is 3.57. The summed E-state index contributed by atoms with van der Waals surface area (Å²) in [5.41, 5.74) is -0.379. The van der Waals surface area contributed by atoms with Crippen LogP contribution in [0.2, 0.25) is 0 Å². The molecule has 136 valence electrons. The Bertz CT molecular complexity index is 919. The first-order valence-corrected chi connectivity index (χ1v) is 8.30. The number of aromatic nitrogens is 3. The van der Waals surface area contributed by atoms with Crippen molar-refractivity contribution in [3.63, 3.8) is 0 Å². The molecule has 0 aliphatic heterocycles. The van der Waals surface area contributed by atoms with Crippen LogP contribution in [0.25, 0.3) is 0 Å². The normalized spacial score (nSPS) is 11.4. The van der Waals surface area contributed by atoms with E-state index in [4.69, 9.17) is 0 Å². The molecule has 0 saturated carbocycles. The Labute approximate surface area is 150 Å². The second kappa shape index (κ2) is 7.16. The highest BCUT2D eigenvalue weighted by atomic mass is 32.1. The van der Waals surface area contributed by atoms with Gasteiger partial charge >= 0.3 is 6.18 Å². The van der Waals surface area contributed by atoms with E-state index in [-0.39, 0.29) is 6.54 Å². The maximum absolute atomic E-state index is 12.7. The minimum atomic E-state index is -4.41. The van der Waals surface area contributed by atoms with Gasteiger partial charge in [0.25, 0.3) is 5.91 Å². The molecule has 0 bridgehead atoms. The van der Waals surface area contributed by atoms with E-state index >= 15 is 0 Å². The lowest BCUT2D eigenvalue weighted by Crippen LogP contribution is -2.22. The van der Waals surface area contributed by atoms with Gasteiger partial charge in [-0.2, -0.15) is 18.3 Å². The van der Waals surface area contributed by atoms with E-state index in [0.29, 0.717) is 15.6 Å². The standard InChI is InChI=1S/C16H14F3N5OS/c1-24-13(5-6-22-24)23-15-21-9-12(26-15)14(25)20-8-10-3-2-4-11(7-10)16(17,18)19/h2-7,9H,8H2,1H3,(H,20,25)(H,21,23). The van der Waals surface area contributed by atoms with E-state index in [0.717, 1.165) is 29.3 Å². The quantitative estimate of drug-likeness (QED) is 0.709. The zero-order chi connectivity index (χ0) is 18.7. The highest BCUT2D eigenvalue weighted by molar-refractivity contribution is 7.17. The van der Waals surface area contributed by atoms with Gasteiger partial charge in [0.1, 0.15) is 10.7 Å². The molecule has 26 heavy (non-hydrogen) atoms. The van der Waals surface area contributed by atoms with Crippen molar-refractivity contribution in [1.82, 2.24) is 20.1 Å². The first-order valence-electron chi connectivity index (χ1n) is 7.48. The molecule has 0 atom stereocenters. The number of thiazole rings is 1. The van der Waals surface area contributed by atoms with E-state index in [1.54, 1.807) is 24.0 Å². The van der Waals surface area contributed by atoms with Crippen LogP contribution in [0, 0.1) is 0 Å². The SMILES string of the molecule is Cn1nccc1Nc1ncc(C(=O)NCc2cccc(C(F)(F)F)c2)s1. The highest BCUT2D eigenvalue weighted by Gasteiger charge is 2.30. The van der Waals surface area contributed by atoms with Gasteiger partial charge in [0.05, 0.1) is 18.0 Å². The van der Waals surface area contributed by atoms with Crippen LogP contribution in [0.3, 0.4) is 0 Å². The number of anilines is 2. The molecule has 0 unspecified atom stereocenters. The maximum Gasteiger partial charge on any atom is 0.416 e. The molecule has 1 aromatic carbocycles. The molecule has 6 nitrogen and oxygen atoms in total. The number of halogens is 3. The number of benzene rings is 1. The molecular weight excluding hydrogens is 367 g/mol. The fourth-order valence-corrected chi connectivity index (χ4v) is 2.91. The smallest absolute Gasteiger partial charge is 0.347 e. The van der Waals surface area contributed by atoms with Gasteiger partial charge in [0, 0.05) is 19.7 Å². The molecule has 10 heteroatoms. The van der Waals surface area contributed by atoms with Gasteiger partial charge in [-0.25, -0.2) is 4.98 Å². The minimum Gasteiger partial charge on any atom is -0.347 e. The van der Waals surface area contributed by atoms with Crippen molar-refractivity contribution in [1.29, 1.82) is 0 Å². The molecule has 3 rings (SSSR count). The van der Waals surface area contributed by atoms with Gasteiger partial charge in [-0.05, 0) is 17.7 Å². The van der Waals surface area contributed by atoms with E-state index in [1.807, 2.05) is 0 Å². The number of alkyl halides is 3. The fourth-order valence-electron chi connectivity index (χ4n) is 2.17. The van der Waals surface area contributed by atoms with Gasteiger partial charge in [0.2, 0.25) is 0 Å². The summed E-state index contributed by atoms with van der Waals surface area (Å²) in [6.45, 7) is -0.00878. The van der Waals surface area contributed by atoms with Crippen LogP contribution >= 0.6 is 11.3 Å². The van der Waals surface area contributed by atoms with Crippen LogP contribution < -0.4 is 10.6 Å². The zero-order valence-corrected chi connectivity index (χ0v) is 14.4. The summed E-state index contributed by atoms with van der Waals surface area (Å²) < 4.78 is 39.8. The first kappa shape index (κ1) is 17.9. The Kier molecular flexibility index (Phi) is 4.94. The zero-order valence-electron chi connectivity index (χ0n) is 13.5. The lowest BCUT2D eigenvalue weighted by Gasteiger charge is -2.09. The molecular formula is C16H14F3N5OS. The number of rotatable bonds is 5. The van der Waals surface area contributed by atoms with Gasteiger partial charge in [-0.3, -0.25) is 9.48 Å². The lowest BCUT2D eigenvalue weighted by molar-refractivity contribution is -0.137. The molecule has 0 aliphatic rings. The molecule has 0 aliphatic carbocycles. The second-order valence-electron chi connectivity index (χ2n) is 5.38.